The maximum absolute atomic E-state index is 13.7. The van der Waals surface area contributed by atoms with Gasteiger partial charge in [-0.2, -0.15) is 0 Å². The normalized spacial score (nSPS) is 24.8. The second-order valence-electron chi connectivity index (χ2n) is 9.47. The van der Waals surface area contributed by atoms with Gasteiger partial charge in [-0.3, -0.25) is 9.69 Å². The van der Waals surface area contributed by atoms with Crippen molar-refractivity contribution in [2.45, 2.75) is 39.3 Å². The monoisotopic (exact) mass is 406 g/mol. The van der Waals surface area contributed by atoms with Gasteiger partial charge in [-0.15, -0.1) is 0 Å². The summed E-state index contributed by atoms with van der Waals surface area (Å²) in [6.07, 6.45) is -0.506. The van der Waals surface area contributed by atoms with Crippen LogP contribution in [0.25, 0.3) is 0 Å². The number of ether oxygens (including phenoxy) is 1. The van der Waals surface area contributed by atoms with E-state index < -0.39 is 6.09 Å². The number of hydrogen-bond donors (Lipinski definition) is 0. The van der Waals surface area contributed by atoms with Crippen LogP contribution >= 0.6 is 0 Å². The highest BCUT2D eigenvalue weighted by Crippen LogP contribution is 2.38. The Balaban J connectivity index is 1.61. The number of rotatable bonds is 4. The van der Waals surface area contributed by atoms with E-state index >= 15 is 0 Å². The number of carbonyl (C=O) groups excluding carboxylic acids is 2. The summed E-state index contributed by atoms with van der Waals surface area (Å²) in [6, 6.07) is 20.3. The lowest BCUT2D eigenvalue weighted by molar-refractivity contribution is -0.135. The van der Waals surface area contributed by atoms with Crippen molar-refractivity contribution in [2.75, 3.05) is 19.7 Å². The largest absolute Gasteiger partial charge is 0.447 e. The third kappa shape index (κ3) is 4.12. The lowest BCUT2D eigenvalue weighted by atomic mass is 9.84. The first kappa shape index (κ1) is 20.6. The molecule has 0 saturated carbocycles. The number of amides is 2. The summed E-state index contributed by atoms with van der Waals surface area (Å²) in [6.45, 7) is 8.62. The topological polar surface area (TPSA) is 49.9 Å². The lowest BCUT2D eigenvalue weighted by Gasteiger charge is -2.33. The molecule has 0 bridgehead atoms. The van der Waals surface area contributed by atoms with Gasteiger partial charge in [-0.1, -0.05) is 81.4 Å². The number of cyclic esters (lactones) is 1. The van der Waals surface area contributed by atoms with Gasteiger partial charge < -0.3 is 4.74 Å². The molecule has 2 aromatic carbocycles. The summed E-state index contributed by atoms with van der Waals surface area (Å²) >= 11 is 0. The van der Waals surface area contributed by atoms with Crippen molar-refractivity contribution < 1.29 is 14.3 Å². The molecule has 5 heteroatoms. The van der Waals surface area contributed by atoms with Crippen LogP contribution in [0.15, 0.2) is 60.7 Å². The molecular weight excluding hydrogens is 376 g/mol. The zero-order chi connectivity index (χ0) is 21.3. The van der Waals surface area contributed by atoms with Crippen molar-refractivity contribution in [3.8, 4) is 0 Å². The van der Waals surface area contributed by atoms with Crippen molar-refractivity contribution in [1.82, 2.24) is 9.80 Å². The van der Waals surface area contributed by atoms with E-state index in [1.807, 2.05) is 57.2 Å². The Bertz CT molecular complexity index is 892. The molecule has 0 unspecified atom stereocenters. The molecule has 0 N–H and O–H groups in total. The molecular formula is C25H30N2O3. The van der Waals surface area contributed by atoms with Gasteiger partial charge in [0.1, 0.15) is 6.61 Å². The first-order chi connectivity index (χ1) is 14.3. The van der Waals surface area contributed by atoms with Crippen LogP contribution < -0.4 is 0 Å². The van der Waals surface area contributed by atoms with Gasteiger partial charge in [0.15, 0.2) is 0 Å². The molecule has 0 aromatic heterocycles. The van der Waals surface area contributed by atoms with Crippen molar-refractivity contribution in [2.24, 2.45) is 11.3 Å². The van der Waals surface area contributed by atoms with Crippen molar-refractivity contribution in [3.05, 3.63) is 71.8 Å². The summed E-state index contributed by atoms with van der Waals surface area (Å²) < 4.78 is 5.30. The fraction of sp³-hybridized carbons (Fsp3) is 0.440. The van der Waals surface area contributed by atoms with Crippen molar-refractivity contribution in [3.63, 3.8) is 0 Å². The zero-order valence-electron chi connectivity index (χ0n) is 18.0. The van der Waals surface area contributed by atoms with Gasteiger partial charge in [-0.05, 0) is 16.5 Å². The molecule has 2 aromatic rings. The Morgan fingerprint density at radius 1 is 1.00 bits per heavy atom. The first-order valence-electron chi connectivity index (χ1n) is 10.7. The van der Waals surface area contributed by atoms with Crippen molar-refractivity contribution in [1.29, 1.82) is 0 Å². The molecule has 2 aliphatic heterocycles. The zero-order valence-corrected chi connectivity index (χ0v) is 18.0. The number of carbonyl (C=O) groups is 2. The predicted molar refractivity (Wildman–Crippen MR) is 116 cm³/mol. The highest BCUT2D eigenvalue weighted by atomic mass is 16.6. The quantitative estimate of drug-likeness (QED) is 0.760. The third-order valence-electron chi connectivity index (χ3n) is 6.30. The minimum Gasteiger partial charge on any atom is -0.447 e. The van der Waals surface area contributed by atoms with Crippen LogP contribution in [0.1, 0.15) is 37.8 Å². The van der Waals surface area contributed by atoms with E-state index in [1.165, 1.54) is 10.5 Å². The molecule has 0 aliphatic carbocycles. The Morgan fingerprint density at radius 2 is 1.63 bits per heavy atom. The van der Waals surface area contributed by atoms with Crippen LogP contribution in [0.2, 0.25) is 0 Å². The number of likely N-dealkylation sites (tertiary alicyclic amines) is 1. The highest BCUT2D eigenvalue weighted by Gasteiger charge is 2.49. The third-order valence-corrected chi connectivity index (χ3v) is 6.30. The second kappa shape index (κ2) is 8.23. The van der Waals surface area contributed by atoms with Crippen LogP contribution in [0.4, 0.5) is 4.79 Å². The van der Waals surface area contributed by atoms with Crippen LogP contribution in [0, 0.1) is 11.3 Å². The van der Waals surface area contributed by atoms with E-state index in [0.29, 0.717) is 6.54 Å². The van der Waals surface area contributed by atoms with Gasteiger partial charge in [-0.25, -0.2) is 9.69 Å². The molecule has 30 heavy (non-hydrogen) atoms. The van der Waals surface area contributed by atoms with E-state index in [0.717, 1.165) is 18.7 Å². The van der Waals surface area contributed by atoms with Gasteiger partial charge in [0, 0.05) is 25.6 Å². The number of nitrogens with zero attached hydrogens (tertiary/aromatic N) is 2. The molecule has 2 aliphatic rings. The number of hydrogen-bond acceptors (Lipinski definition) is 4. The molecule has 158 valence electrons. The second-order valence-corrected chi connectivity index (χ2v) is 9.47. The number of imide groups is 1. The van der Waals surface area contributed by atoms with Crippen molar-refractivity contribution >= 4 is 12.0 Å². The molecule has 2 amide bonds. The maximum atomic E-state index is 13.7. The molecule has 3 atom stereocenters. The van der Waals surface area contributed by atoms with Gasteiger partial charge in [0.05, 0.1) is 12.0 Å². The molecule has 2 saturated heterocycles. The van der Waals surface area contributed by atoms with Gasteiger partial charge in [0.2, 0.25) is 5.91 Å². The minimum atomic E-state index is -0.506. The standard InChI is InChI=1S/C25H30N2O3/c1-25(2,3)22-17-30-24(29)27(22)23(28)21-16-26(14-18-10-6-4-7-11-18)15-20(21)19-12-8-5-9-13-19/h4-13,20-22H,14-17H2,1-3H3/t20-,21+,22+/m0/s1. The average molecular weight is 407 g/mol. The minimum absolute atomic E-state index is 0.0523. The summed E-state index contributed by atoms with van der Waals surface area (Å²) in [4.78, 5) is 29.9. The van der Waals surface area contributed by atoms with E-state index in [-0.39, 0.29) is 35.8 Å². The highest BCUT2D eigenvalue weighted by molar-refractivity contribution is 5.95. The molecule has 0 radical (unpaired) electrons. The van der Waals surface area contributed by atoms with E-state index in [1.54, 1.807) is 0 Å². The maximum Gasteiger partial charge on any atom is 0.417 e. The molecule has 2 heterocycles. The SMILES string of the molecule is CC(C)(C)[C@H]1COC(=O)N1C(=O)[C@@H]1CN(Cc2ccccc2)C[C@H]1c1ccccc1. The molecule has 5 nitrogen and oxygen atoms in total. The lowest BCUT2D eigenvalue weighted by Crippen LogP contribution is -2.49. The Kier molecular flexibility index (Phi) is 5.65. The summed E-state index contributed by atoms with van der Waals surface area (Å²) in [5.74, 6) is -0.329. The van der Waals surface area contributed by atoms with E-state index in [4.69, 9.17) is 4.74 Å². The van der Waals surface area contributed by atoms with Crippen LogP contribution in [-0.4, -0.2) is 47.5 Å². The first-order valence-corrected chi connectivity index (χ1v) is 10.7. The summed E-state index contributed by atoms with van der Waals surface area (Å²) in [5, 5.41) is 0. The predicted octanol–water partition coefficient (Wildman–Crippen LogP) is 4.30. The summed E-state index contributed by atoms with van der Waals surface area (Å²) in [5.41, 5.74) is 2.14. The molecule has 2 fully saturated rings. The van der Waals surface area contributed by atoms with Gasteiger partial charge in [0.25, 0.3) is 0 Å². The van der Waals surface area contributed by atoms with Crippen LogP contribution in [0.5, 0.6) is 0 Å². The van der Waals surface area contributed by atoms with E-state index in [9.17, 15) is 9.59 Å². The Hall–Kier alpha value is -2.66. The van der Waals surface area contributed by atoms with Crippen LogP contribution in [0.3, 0.4) is 0 Å². The fourth-order valence-corrected chi connectivity index (χ4v) is 4.63. The van der Waals surface area contributed by atoms with E-state index in [2.05, 4.69) is 29.2 Å². The molecule has 0 spiro atoms. The fourth-order valence-electron chi connectivity index (χ4n) is 4.63. The Labute approximate surface area is 178 Å². The summed E-state index contributed by atoms with van der Waals surface area (Å²) in [7, 11) is 0. The molecule has 4 rings (SSSR count). The average Bonchev–Trinajstić information content (AvgIpc) is 3.32. The van der Waals surface area contributed by atoms with Gasteiger partial charge >= 0.3 is 6.09 Å². The Morgan fingerprint density at radius 3 is 2.27 bits per heavy atom. The smallest absolute Gasteiger partial charge is 0.417 e. The number of benzene rings is 2. The van der Waals surface area contributed by atoms with Crippen LogP contribution in [-0.2, 0) is 16.1 Å².